The molecule has 0 radical (unpaired) electrons. The monoisotopic (exact) mass is 313 g/mol. The highest BCUT2D eigenvalue weighted by atomic mass is 19.1. The molecule has 0 bridgehead atoms. The van der Waals surface area contributed by atoms with Gasteiger partial charge in [-0.1, -0.05) is 11.2 Å². The van der Waals surface area contributed by atoms with Gasteiger partial charge in [-0.3, -0.25) is 0 Å². The van der Waals surface area contributed by atoms with E-state index in [2.05, 4.69) is 15.5 Å². The molecule has 5 nitrogen and oxygen atoms in total. The number of halogens is 1. The Hall–Kier alpha value is -2.89. The van der Waals surface area contributed by atoms with E-state index in [1.165, 1.54) is 6.07 Å². The molecule has 1 N–H and O–H groups in total. The van der Waals surface area contributed by atoms with Crippen molar-refractivity contribution in [1.29, 1.82) is 0 Å². The summed E-state index contributed by atoms with van der Waals surface area (Å²) in [4.78, 5) is 4.29. The molecule has 23 heavy (non-hydrogen) atoms. The van der Waals surface area contributed by atoms with Gasteiger partial charge < -0.3 is 14.6 Å². The second-order valence-corrected chi connectivity index (χ2v) is 5.08. The summed E-state index contributed by atoms with van der Waals surface area (Å²) < 4.78 is 24.0. The smallest absolute Gasteiger partial charge is 0.246 e. The third kappa shape index (κ3) is 3.48. The summed E-state index contributed by atoms with van der Waals surface area (Å²) in [6, 6.07) is 12.3. The zero-order valence-electron chi connectivity index (χ0n) is 12.8. The standard InChI is InChI=1S/C17H16FN3O2/c1-11-3-8-15(14(18)9-11)19-10-16-20-17(21-23-16)12-4-6-13(22-2)7-5-12/h3-9,19H,10H2,1-2H3. The molecule has 3 aromatic rings. The number of anilines is 1. The zero-order chi connectivity index (χ0) is 16.2. The number of benzene rings is 2. The fraction of sp³-hybridized carbons (Fsp3) is 0.176. The van der Waals surface area contributed by atoms with E-state index in [4.69, 9.17) is 9.26 Å². The molecule has 1 heterocycles. The van der Waals surface area contributed by atoms with Crippen LogP contribution < -0.4 is 10.1 Å². The van der Waals surface area contributed by atoms with Gasteiger partial charge in [-0.25, -0.2) is 4.39 Å². The van der Waals surface area contributed by atoms with Crippen LogP contribution in [0.4, 0.5) is 10.1 Å². The first-order chi connectivity index (χ1) is 11.2. The number of nitrogens with one attached hydrogen (secondary N) is 1. The fourth-order valence-corrected chi connectivity index (χ4v) is 2.12. The van der Waals surface area contributed by atoms with Crippen molar-refractivity contribution in [2.75, 3.05) is 12.4 Å². The molecule has 0 saturated carbocycles. The first-order valence-electron chi connectivity index (χ1n) is 7.13. The molecule has 1 aromatic heterocycles. The number of aromatic nitrogens is 2. The van der Waals surface area contributed by atoms with E-state index in [1.54, 1.807) is 13.2 Å². The molecule has 0 aliphatic heterocycles. The van der Waals surface area contributed by atoms with Gasteiger partial charge >= 0.3 is 0 Å². The molecule has 0 unspecified atom stereocenters. The predicted octanol–water partition coefficient (Wildman–Crippen LogP) is 3.80. The van der Waals surface area contributed by atoms with Crippen molar-refractivity contribution in [2.24, 2.45) is 0 Å². The lowest BCUT2D eigenvalue weighted by molar-refractivity contribution is 0.384. The Morgan fingerprint density at radius 3 is 2.65 bits per heavy atom. The summed E-state index contributed by atoms with van der Waals surface area (Å²) in [7, 11) is 1.61. The number of ether oxygens (including phenoxy) is 1. The summed E-state index contributed by atoms with van der Waals surface area (Å²) in [5, 5.41) is 6.88. The third-order valence-electron chi connectivity index (χ3n) is 3.37. The molecule has 0 saturated heterocycles. The van der Waals surface area contributed by atoms with Crippen LogP contribution in [0, 0.1) is 12.7 Å². The van der Waals surface area contributed by atoms with Gasteiger partial charge in [0.05, 0.1) is 19.3 Å². The molecule has 0 atom stereocenters. The van der Waals surface area contributed by atoms with Gasteiger partial charge in [0.25, 0.3) is 0 Å². The number of aryl methyl sites for hydroxylation is 1. The Morgan fingerprint density at radius 2 is 1.96 bits per heavy atom. The van der Waals surface area contributed by atoms with E-state index in [1.807, 2.05) is 37.3 Å². The maximum Gasteiger partial charge on any atom is 0.246 e. The van der Waals surface area contributed by atoms with Gasteiger partial charge in [-0.15, -0.1) is 0 Å². The maximum absolute atomic E-state index is 13.8. The minimum atomic E-state index is -0.306. The van der Waals surface area contributed by atoms with E-state index < -0.39 is 0 Å². The van der Waals surface area contributed by atoms with Gasteiger partial charge in [0, 0.05) is 5.56 Å². The molecule has 0 amide bonds. The Bertz CT molecular complexity index is 800. The van der Waals surface area contributed by atoms with Crippen molar-refractivity contribution in [2.45, 2.75) is 13.5 Å². The van der Waals surface area contributed by atoms with Gasteiger partial charge in [0.2, 0.25) is 11.7 Å². The number of rotatable bonds is 5. The lowest BCUT2D eigenvalue weighted by atomic mass is 10.2. The van der Waals surface area contributed by atoms with E-state index in [0.717, 1.165) is 16.9 Å². The SMILES string of the molecule is COc1ccc(-c2noc(CNc3ccc(C)cc3F)n2)cc1. The molecule has 118 valence electrons. The van der Waals surface area contributed by atoms with Gasteiger partial charge in [0.1, 0.15) is 11.6 Å². The highest BCUT2D eigenvalue weighted by molar-refractivity contribution is 5.55. The minimum Gasteiger partial charge on any atom is -0.497 e. The number of hydrogen-bond donors (Lipinski definition) is 1. The van der Waals surface area contributed by atoms with Crippen LogP contribution in [-0.4, -0.2) is 17.3 Å². The van der Waals surface area contributed by atoms with E-state index in [-0.39, 0.29) is 12.4 Å². The summed E-state index contributed by atoms with van der Waals surface area (Å²) in [5.74, 6) is 1.32. The second kappa shape index (κ2) is 6.48. The summed E-state index contributed by atoms with van der Waals surface area (Å²) in [5.41, 5.74) is 2.09. The molecule has 3 rings (SSSR count). The topological polar surface area (TPSA) is 60.2 Å². The minimum absolute atomic E-state index is 0.253. The molecule has 2 aromatic carbocycles. The van der Waals surface area contributed by atoms with Crippen molar-refractivity contribution < 1.29 is 13.7 Å². The summed E-state index contributed by atoms with van der Waals surface area (Å²) >= 11 is 0. The highest BCUT2D eigenvalue weighted by Gasteiger charge is 2.09. The van der Waals surface area contributed by atoms with Crippen LogP contribution in [0.5, 0.6) is 5.75 Å². The van der Waals surface area contributed by atoms with Gasteiger partial charge in [-0.05, 0) is 48.9 Å². The van der Waals surface area contributed by atoms with Crippen LogP contribution >= 0.6 is 0 Å². The Morgan fingerprint density at radius 1 is 1.17 bits per heavy atom. The largest absolute Gasteiger partial charge is 0.497 e. The number of methoxy groups -OCH3 is 1. The fourth-order valence-electron chi connectivity index (χ4n) is 2.12. The van der Waals surface area contributed by atoms with Crippen LogP contribution in [0.15, 0.2) is 47.0 Å². The van der Waals surface area contributed by atoms with Crippen molar-refractivity contribution in [3.05, 3.63) is 59.7 Å². The first kappa shape index (κ1) is 15.0. The molecule has 0 aliphatic carbocycles. The molecular formula is C17H16FN3O2. The molecule has 0 spiro atoms. The predicted molar refractivity (Wildman–Crippen MR) is 84.7 cm³/mol. The van der Waals surface area contributed by atoms with Crippen LogP contribution in [0.25, 0.3) is 11.4 Å². The van der Waals surface area contributed by atoms with Gasteiger partial charge in [0.15, 0.2) is 0 Å². The van der Waals surface area contributed by atoms with Crippen LogP contribution in [-0.2, 0) is 6.54 Å². The van der Waals surface area contributed by atoms with Crippen molar-refractivity contribution in [3.63, 3.8) is 0 Å². The van der Waals surface area contributed by atoms with Crippen molar-refractivity contribution in [3.8, 4) is 17.1 Å². The highest BCUT2D eigenvalue weighted by Crippen LogP contribution is 2.20. The molecule has 0 fully saturated rings. The van der Waals surface area contributed by atoms with Crippen molar-refractivity contribution in [1.82, 2.24) is 10.1 Å². The quantitative estimate of drug-likeness (QED) is 0.776. The molecule has 6 heteroatoms. The number of hydrogen-bond acceptors (Lipinski definition) is 5. The van der Waals surface area contributed by atoms with E-state index in [0.29, 0.717) is 17.4 Å². The Balaban J connectivity index is 1.69. The average Bonchev–Trinajstić information content (AvgIpc) is 3.03. The summed E-state index contributed by atoms with van der Waals surface area (Å²) in [6.45, 7) is 2.09. The summed E-state index contributed by atoms with van der Waals surface area (Å²) in [6.07, 6.45) is 0. The maximum atomic E-state index is 13.8. The Kier molecular flexibility index (Phi) is 4.23. The van der Waals surface area contributed by atoms with Crippen LogP contribution in [0.1, 0.15) is 11.5 Å². The second-order valence-electron chi connectivity index (χ2n) is 5.08. The Labute approximate surface area is 133 Å². The van der Waals surface area contributed by atoms with E-state index >= 15 is 0 Å². The molecule has 0 aliphatic rings. The number of nitrogens with zero attached hydrogens (tertiary/aromatic N) is 2. The zero-order valence-corrected chi connectivity index (χ0v) is 12.8. The molecular weight excluding hydrogens is 297 g/mol. The normalized spacial score (nSPS) is 10.6. The van der Waals surface area contributed by atoms with Crippen LogP contribution in [0.3, 0.4) is 0 Å². The lowest BCUT2D eigenvalue weighted by Gasteiger charge is -2.05. The van der Waals surface area contributed by atoms with Crippen LogP contribution in [0.2, 0.25) is 0 Å². The third-order valence-corrected chi connectivity index (χ3v) is 3.37. The van der Waals surface area contributed by atoms with Crippen molar-refractivity contribution >= 4 is 5.69 Å². The first-order valence-corrected chi connectivity index (χ1v) is 7.13. The van der Waals surface area contributed by atoms with E-state index in [9.17, 15) is 4.39 Å². The van der Waals surface area contributed by atoms with Gasteiger partial charge in [-0.2, -0.15) is 4.98 Å². The average molecular weight is 313 g/mol. The lowest BCUT2D eigenvalue weighted by Crippen LogP contribution is -2.01.